The number of rotatable bonds is 6. The molecule has 0 aliphatic carbocycles. The van der Waals surface area contributed by atoms with Gasteiger partial charge in [0.25, 0.3) is 5.91 Å². The normalized spacial score (nSPS) is 11.0. The van der Waals surface area contributed by atoms with Crippen LogP contribution in [0.3, 0.4) is 0 Å². The van der Waals surface area contributed by atoms with E-state index in [4.69, 9.17) is 11.6 Å². The Balaban J connectivity index is 1.56. The molecule has 1 N–H and O–H groups in total. The third-order valence-corrected chi connectivity index (χ3v) is 4.58. The molecule has 3 aromatic rings. The van der Waals surface area contributed by atoms with E-state index in [1.54, 1.807) is 18.3 Å². The van der Waals surface area contributed by atoms with Gasteiger partial charge in [0, 0.05) is 23.8 Å². The fraction of sp³-hybridized carbons (Fsp3) is 0.118. The van der Waals surface area contributed by atoms with Crippen molar-refractivity contribution in [3.63, 3.8) is 0 Å². The van der Waals surface area contributed by atoms with Gasteiger partial charge < -0.3 is 4.57 Å². The first-order chi connectivity index (χ1) is 12.6. The molecule has 1 amide bonds. The van der Waals surface area contributed by atoms with E-state index < -0.39 is 0 Å². The molecule has 0 aliphatic rings. The van der Waals surface area contributed by atoms with Gasteiger partial charge >= 0.3 is 0 Å². The van der Waals surface area contributed by atoms with Gasteiger partial charge in [0.15, 0.2) is 11.0 Å². The molecule has 26 heavy (non-hydrogen) atoms. The minimum atomic E-state index is -0.241. The third-order valence-electron chi connectivity index (χ3n) is 3.32. The van der Waals surface area contributed by atoms with Gasteiger partial charge in [-0.1, -0.05) is 41.6 Å². The molecule has 2 aromatic heterocycles. The summed E-state index contributed by atoms with van der Waals surface area (Å²) in [5.74, 6) is 0.610. The summed E-state index contributed by atoms with van der Waals surface area (Å²) in [6, 6.07) is 12.8. The molecule has 3 rings (SSSR count). The van der Waals surface area contributed by atoms with Crippen LogP contribution in [0, 0.1) is 0 Å². The molecule has 0 atom stereocenters. The van der Waals surface area contributed by atoms with Crippen molar-refractivity contribution in [1.29, 1.82) is 0 Å². The van der Waals surface area contributed by atoms with Crippen molar-refractivity contribution < 1.29 is 4.79 Å². The number of pyridine rings is 1. The van der Waals surface area contributed by atoms with E-state index in [0.29, 0.717) is 21.7 Å². The number of carbonyl (C=O) groups excluding carboxylic acids is 1. The largest absolute Gasteiger partial charge is 0.305 e. The Morgan fingerprint density at radius 1 is 1.31 bits per heavy atom. The topological polar surface area (TPSA) is 85.1 Å². The van der Waals surface area contributed by atoms with Gasteiger partial charge in [-0.15, -0.1) is 10.2 Å². The van der Waals surface area contributed by atoms with Gasteiger partial charge in [-0.3, -0.25) is 9.78 Å². The molecule has 132 valence electrons. The van der Waals surface area contributed by atoms with Gasteiger partial charge in [-0.2, -0.15) is 5.10 Å². The van der Waals surface area contributed by atoms with Gasteiger partial charge in [0.05, 0.1) is 17.7 Å². The fourth-order valence-corrected chi connectivity index (χ4v) is 3.00. The molecule has 0 bridgehead atoms. The van der Waals surface area contributed by atoms with Crippen LogP contribution in [0.1, 0.15) is 5.69 Å². The van der Waals surface area contributed by atoms with Crippen LogP contribution in [0.25, 0.3) is 11.4 Å². The van der Waals surface area contributed by atoms with Crippen molar-refractivity contribution in [2.75, 3.05) is 5.75 Å². The van der Waals surface area contributed by atoms with Crippen molar-refractivity contribution in [1.82, 2.24) is 25.2 Å². The lowest BCUT2D eigenvalue weighted by molar-refractivity contribution is -0.118. The summed E-state index contributed by atoms with van der Waals surface area (Å²) in [5.41, 5.74) is 3.99. The summed E-state index contributed by atoms with van der Waals surface area (Å²) in [5, 5.41) is 13.4. The van der Waals surface area contributed by atoms with Crippen LogP contribution in [0.2, 0.25) is 5.02 Å². The van der Waals surface area contributed by atoms with Crippen LogP contribution < -0.4 is 5.43 Å². The number of nitrogens with zero attached hydrogens (tertiary/aromatic N) is 5. The lowest BCUT2D eigenvalue weighted by atomic mass is 10.2. The Hall–Kier alpha value is -2.71. The average Bonchev–Trinajstić information content (AvgIpc) is 3.01. The number of benzene rings is 1. The van der Waals surface area contributed by atoms with E-state index in [9.17, 15) is 4.79 Å². The van der Waals surface area contributed by atoms with Crippen LogP contribution in [0.4, 0.5) is 0 Å². The summed E-state index contributed by atoms with van der Waals surface area (Å²) in [4.78, 5) is 16.0. The molecule has 0 radical (unpaired) electrons. The average molecular weight is 387 g/mol. The number of aromatic nitrogens is 4. The lowest BCUT2D eigenvalue weighted by Gasteiger charge is -2.04. The maximum atomic E-state index is 11.9. The van der Waals surface area contributed by atoms with Crippen molar-refractivity contribution in [3.05, 3.63) is 59.4 Å². The Labute approximate surface area is 159 Å². The number of hydrogen-bond donors (Lipinski definition) is 1. The maximum absolute atomic E-state index is 11.9. The highest BCUT2D eigenvalue weighted by molar-refractivity contribution is 7.99. The van der Waals surface area contributed by atoms with E-state index in [1.165, 1.54) is 18.0 Å². The highest BCUT2D eigenvalue weighted by Crippen LogP contribution is 2.24. The number of thioether (sulfide) groups is 1. The predicted molar refractivity (Wildman–Crippen MR) is 102 cm³/mol. The standard InChI is InChI=1S/C17H15ClN6OS/c1-24-16(12-5-4-6-13(18)9-12)22-23-17(24)26-11-15(25)21-20-10-14-7-2-3-8-19-14/h2-10H,11H2,1H3,(H,21,25)/b20-10+. The molecule has 9 heteroatoms. The Kier molecular flexibility index (Phi) is 5.98. The zero-order valence-electron chi connectivity index (χ0n) is 13.8. The smallest absolute Gasteiger partial charge is 0.250 e. The van der Waals surface area contributed by atoms with Gasteiger partial charge in [0.1, 0.15) is 0 Å². The summed E-state index contributed by atoms with van der Waals surface area (Å²) < 4.78 is 1.82. The van der Waals surface area contributed by atoms with E-state index in [2.05, 4.69) is 25.7 Å². The van der Waals surface area contributed by atoms with Gasteiger partial charge in [0.2, 0.25) is 0 Å². The van der Waals surface area contributed by atoms with Crippen LogP contribution in [-0.2, 0) is 11.8 Å². The Morgan fingerprint density at radius 2 is 2.19 bits per heavy atom. The minimum Gasteiger partial charge on any atom is -0.305 e. The first-order valence-corrected chi connectivity index (χ1v) is 9.01. The minimum absolute atomic E-state index is 0.168. The highest BCUT2D eigenvalue weighted by atomic mass is 35.5. The van der Waals surface area contributed by atoms with Gasteiger partial charge in [-0.25, -0.2) is 5.43 Å². The first-order valence-electron chi connectivity index (χ1n) is 7.64. The third kappa shape index (κ3) is 4.68. The molecule has 0 unspecified atom stereocenters. The van der Waals surface area contributed by atoms with Crippen molar-refractivity contribution in [2.24, 2.45) is 12.1 Å². The molecule has 0 fully saturated rings. The Morgan fingerprint density at radius 3 is 2.96 bits per heavy atom. The molecule has 0 aliphatic heterocycles. The van der Waals surface area contributed by atoms with E-state index in [-0.39, 0.29) is 11.7 Å². The number of amides is 1. The SMILES string of the molecule is Cn1c(SCC(=O)N/N=C/c2ccccn2)nnc1-c1cccc(Cl)c1. The number of carbonyl (C=O) groups is 1. The molecule has 7 nitrogen and oxygen atoms in total. The second-order valence-electron chi connectivity index (χ2n) is 5.21. The maximum Gasteiger partial charge on any atom is 0.250 e. The Bertz CT molecular complexity index is 928. The zero-order chi connectivity index (χ0) is 18.4. The second kappa shape index (κ2) is 8.59. The molecule has 0 saturated heterocycles. The highest BCUT2D eigenvalue weighted by Gasteiger charge is 2.13. The van der Waals surface area contributed by atoms with E-state index in [0.717, 1.165) is 5.56 Å². The van der Waals surface area contributed by atoms with Crippen LogP contribution >= 0.6 is 23.4 Å². The summed E-state index contributed by atoms with van der Waals surface area (Å²) in [6.07, 6.45) is 3.15. The summed E-state index contributed by atoms with van der Waals surface area (Å²) in [7, 11) is 1.84. The number of hydrazone groups is 1. The number of hydrogen-bond acceptors (Lipinski definition) is 6. The van der Waals surface area contributed by atoms with E-state index in [1.807, 2.05) is 41.9 Å². The molecular formula is C17H15ClN6OS. The monoisotopic (exact) mass is 386 g/mol. The van der Waals surface area contributed by atoms with Crippen LogP contribution in [0.15, 0.2) is 58.9 Å². The quantitative estimate of drug-likeness (QED) is 0.400. The van der Waals surface area contributed by atoms with Crippen molar-refractivity contribution >= 4 is 35.5 Å². The van der Waals surface area contributed by atoms with Crippen molar-refractivity contribution in [2.45, 2.75) is 5.16 Å². The molecule has 0 spiro atoms. The summed E-state index contributed by atoms with van der Waals surface area (Å²) >= 11 is 7.29. The molecule has 2 heterocycles. The predicted octanol–water partition coefficient (Wildman–Crippen LogP) is 2.77. The second-order valence-corrected chi connectivity index (χ2v) is 6.59. The first kappa shape index (κ1) is 18.1. The van der Waals surface area contributed by atoms with E-state index >= 15 is 0 Å². The lowest BCUT2D eigenvalue weighted by Crippen LogP contribution is -2.20. The van der Waals surface area contributed by atoms with Gasteiger partial charge in [-0.05, 0) is 24.3 Å². The number of nitrogens with one attached hydrogen (secondary N) is 1. The summed E-state index contributed by atoms with van der Waals surface area (Å²) in [6.45, 7) is 0. The molecule has 1 aromatic carbocycles. The van der Waals surface area contributed by atoms with Crippen molar-refractivity contribution in [3.8, 4) is 11.4 Å². The van der Waals surface area contributed by atoms with Crippen LogP contribution in [-0.4, -0.2) is 37.6 Å². The van der Waals surface area contributed by atoms with Crippen LogP contribution in [0.5, 0.6) is 0 Å². The fourth-order valence-electron chi connectivity index (χ4n) is 2.10. The molecular weight excluding hydrogens is 372 g/mol. The number of halogens is 1. The molecule has 0 saturated carbocycles. The zero-order valence-corrected chi connectivity index (χ0v) is 15.4.